The van der Waals surface area contributed by atoms with Gasteiger partial charge in [0.25, 0.3) is 0 Å². The standard InChI is InChI=1S/C31H42BrNO9/c1-20(2)28-31(4,5)42-30(37)33(28)29(36)23(18-22-10-7-6-8-11-22)27(40-21(3)35)26-19-24(32)25(41-26)12-9-14-38-16-17-39-15-13-34/h6-8,10-11,19-20,23,27-28,34H,9,12-18H2,1-5H3/t23-,27-,28-/m0/s1. The van der Waals surface area contributed by atoms with E-state index in [1.54, 1.807) is 19.9 Å². The molecule has 0 radical (unpaired) electrons. The van der Waals surface area contributed by atoms with E-state index >= 15 is 0 Å². The molecule has 1 aromatic carbocycles. The first-order valence-corrected chi connectivity index (χ1v) is 15.1. The van der Waals surface area contributed by atoms with Crippen molar-refractivity contribution in [2.24, 2.45) is 11.8 Å². The molecule has 0 aliphatic carbocycles. The third-order valence-corrected chi connectivity index (χ3v) is 7.71. The van der Waals surface area contributed by atoms with Crippen LogP contribution in [0.15, 0.2) is 45.3 Å². The van der Waals surface area contributed by atoms with E-state index in [9.17, 15) is 14.4 Å². The van der Waals surface area contributed by atoms with Gasteiger partial charge in [0.1, 0.15) is 17.1 Å². The summed E-state index contributed by atoms with van der Waals surface area (Å²) >= 11 is 3.55. The first-order valence-electron chi connectivity index (χ1n) is 14.3. The van der Waals surface area contributed by atoms with Gasteiger partial charge in [-0.2, -0.15) is 0 Å². The molecular weight excluding hydrogens is 610 g/mol. The molecule has 10 nitrogen and oxygen atoms in total. The van der Waals surface area contributed by atoms with Crippen LogP contribution in [0.3, 0.4) is 0 Å². The average Bonchev–Trinajstić information content (AvgIpc) is 3.41. The van der Waals surface area contributed by atoms with Crippen LogP contribution in [-0.4, -0.2) is 72.7 Å². The second kappa shape index (κ2) is 15.7. The number of ether oxygens (including phenoxy) is 4. The fourth-order valence-corrected chi connectivity index (χ4v) is 5.94. The molecule has 232 valence electrons. The molecule has 3 atom stereocenters. The summed E-state index contributed by atoms with van der Waals surface area (Å²) in [6.07, 6.45) is -0.423. The number of carbonyl (C=O) groups excluding carboxylic acids is 3. The summed E-state index contributed by atoms with van der Waals surface area (Å²) in [7, 11) is 0. The second-order valence-electron chi connectivity index (χ2n) is 11.2. The van der Waals surface area contributed by atoms with E-state index in [-0.39, 0.29) is 25.6 Å². The van der Waals surface area contributed by atoms with Crippen LogP contribution in [-0.2, 0) is 41.4 Å². The molecule has 1 N–H and O–H groups in total. The van der Waals surface area contributed by atoms with Gasteiger partial charge >= 0.3 is 12.1 Å². The number of halogens is 1. The van der Waals surface area contributed by atoms with E-state index < -0.39 is 41.6 Å². The number of hydrogen-bond donors (Lipinski definition) is 1. The van der Waals surface area contributed by atoms with Crippen molar-refractivity contribution in [2.75, 3.05) is 33.0 Å². The van der Waals surface area contributed by atoms with Crippen molar-refractivity contribution in [3.8, 4) is 0 Å². The molecule has 0 unspecified atom stereocenters. The number of furan rings is 1. The largest absolute Gasteiger partial charge is 0.461 e. The highest BCUT2D eigenvalue weighted by molar-refractivity contribution is 9.10. The number of amides is 2. The summed E-state index contributed by atoms with van der Waals surface area (Å²) < 4.78 is 29.0. The number of aryl methyl sites for hydroxylation is 1. The van der Waals surface area contributed by atoms with Gasteiger partial charge < -0.3 is 28.5 Å². The summed E-state index contributed by atoms with van der Waals surface area (Å²) in [5.74, 6) is -1.20. The highest BCUT2D eigenvalue weighted by atomic mass is 79.9. The smallest absolute Gasteiger partial charge is 0.417 e. The number of cyclic esters (lactones) is 1. The quantitative estimate of drug-likeness (QED) is 0.191. The Bertz CT molecular complexity index is 1180. The Morgan fingerprint density at radius 3 is 2.38 bits per heavy atom. The number of esters is 1. The topological polar surface area (TPSA) is 125 Å². The predicted octanol–water partition coefficient (Wildman–Crippen LogP) is 5.25. The minimum Gasteiger partial charge on any atom is -0.461 e. The molecule has 1 aliphatic rings. The predicted molar refractivity (Wildman–Crippen MR) is 158 cm³/mol. The van der Waals surface area contributed by atoms with Crippen LogP contribution in [0.25, 0.3) is 0 Å². The SMILES string of the molecule is CC(=O)O[C@H](c1cc(Br)c(CCCOCCOCCO)o1)[C@H](Cc1ccccc1)C(=O)N1C(=O)OC(C)(C)[C@@H]1C(C)C. The van der Waals surface area contributed by atoms with Gasteiger partial charge in [-0.25, -0.2) is 9.69 Å². The van der Waals surface area contributed by atoms with Gasteiger partial charge in [-0.05, 0) is 60.2 Å². The van der Waals surface area contributed by atoms with E-state index in [0.29, 0.717) is 48.7 Å². The van der Waals surface area contributed by atoms with Crippen LogP contribution in [0.1, 0.15) is 64.2 Å². The lowest BCUT2D eigenvalue weighted by molar-refractivity contribution is -0.156. The van der Waals surface area contributed by atoms with Gasteiger partial charge in [-0.1, -0.05) is 44.2 Å². The summed E-state index contributed by atoms with van der Waals surface area (Å²) in [6, 6.07) is 10.6. The number of nitrogens with zero attached hydrogens (tertiary/aromatic N) is 1. The number of carbonyl (C=O) groups is 3. The van der Waals surface area contributed by atoms with Gasteiger partial charge in [-0.3, -0.25) is 9.59 Å². The molecule has 1 saturated heterocycles. The zero-order valence-electron chi connectivity index (χ0n) is 25.0. The first-order chi connectivity index (χ1) is 20.0. The Balaban J connectivity index is 1.89. The van der Waals surface area contributed by atoms with Crippen LogP contribution in [0.5, 0.6) is 0 Å². The lowest BCUT2D eigenvalue weighted by atomic mass is 9.86. The summed E-state index contributed by atoms with van der Waals surface area (Å²) in [6.45, 7) is 10.3. The van der Waals surface area contributed by atoms with Crippen LogP contribution in [0.4, 0.5) is 4.79 Å². The van der Waals surface area contributed by atoms with E-state index in [2.05, 4.69) is 15.9 Å². The van der Waals surface area contributed by atoms with Gasteiger partial charge in [0.15, 0.2) is 6.10 Å². The Morgan fingerprint density at radius 1 is 1.10 bits per heavy atom. The maximum absolute atomic E-state index is 14.3. The lowest BCUT2D eigenvalue weighted by Crippen LogP contribution is -2.51. The monoisotopic (exact) mass is 651 g/mol. The highest BCUT2D eigenvalue weighted by Crippen LogP contribution is 2.40. The molecule has 1 aromatic heterocycles. The number of rotatable bonds is 16. The van der Waals surface area contributed by atoms with Crippen LogP contribution in [0, 0.1) is 11.8 Å². The Labute approximate surface area is 255 Å². The fourth-order valence-electron chi connectivity index (χ4n) is 5.43. The van der Waals surface area contributed by atoms with Gasteiger partial charge in [-0.15, -0.1) is 0 Å². The molecule has 2 aromatic rings. The molecule has 42 heavy (non-hydrogen) atoms. The molecule has 1 fully saturated rings. The number of aliphatic hydroxyl groups is 1. The summed E-state index contributed by atoms with van der Waals surface area (Å²) in [5.41, 5.74) is -0.0462. The van der Waals surface area contributed by atoms with Crippen molar-refractivity contribution < 1.29 is 42.9 Å². The van der Waals surface area contributed by atoms with E-state index in [1.165, 1.54) is 11.8 Å². The van der Waals surface area contributed by atoms with E-state index in [4.69, 9.17) is 28.5 Å². The zero-order chi connectivity index (χ0) is 30.9. The van der Waals surface area contributed by atoms with Crippen LogP contribution < -0.4 is 0 Å². The fraction of sp³-hybridized carbons (Fsp3) is 0.581. The molecule has 0 bridgehead atoms. The third-order valence-electron chi connectivity index (χ3n) is 7.04. The highest BCUT2D eigenvalue weighted by Gasteiger charge is 2.54. The van der Waals surface area contributed by atoms with Crippen molar-refractivity contribution >= 4 is 33.9 Å². The van der Waals surface area contributed by atoms with Gasteiger partial charge in [0, 0.05) is 20.0 Å². The summed E-state index contributed by atoms with van der Waals surface area (Å²) in [5, 5.41) is 8.76. The summed E-state index contributed by atoms with van der Waals surface area (Å²) in [4.78, 5) is 41.0. The van der Waals surface area contributed by atoms with Crippen LogP contribution in [0.2, 0.25) is 0 Å². The Hall–Kier alpha value is -2.73. The van der Waals surface area contributed by atoms with Crippen molar-refractivity contribution in [1.82, 2.24) is 4.90 Å². The Morgan fingerprint density at radius 2 is 1.76 bits per heavy atom. The molecule has 11 heteroatoms. The normalized spacial score (nSPS) is 17.8. The first kappa shape index (κ1) is 33.8. The molecule has 1 aliphatic heterocycles. The zero-order valence-corrected chi connectivity index (χ0v) is 26.6. The molecule has 0 saturated carbocycles. The molecule has 2 heterocycles. The van der Waals surface area contributed by atoms with Crippen molar-refractivity contribution in [2.45, 2.75) is 71.6 Å². The average molecular weight is 653 g/mol. The van der Waals surface area contributed by atoms with Crippen molar-refractivity contribution in [3.05, 3.63) is 58.0 Å². The molecule has 3 rings (SSSR count). The third kappa shape index (κ3) is 8.89. The Kier molecular flexibility index (Phi) is 12.6. The molecule has 2 amide bonds. The molecular formula is C31H42BrNO9. The minimum absolute atomic E-state index is 0.0284. The van der Waals surface area contributed by atoms with E-state index in [0.717, 1.165) is 5.56 Å². The van der Waals surface area contributed by atoms with Gasteiger partial charge in [0.2, 0.25) is 5.91 Å². The minimum atomic E-state index is -1.09. The number of hydrogen-bond acceptors (Lipinski definition) is 9. The lowest BCUT2D eigenvalue weighted by Gasteiger charge is -2.34. The number of aliphatic hydroxyl groups excluding tert-OH is 1. The number of imide groups is 1. The second-order valence-corrected chi connectivity index (χ2v) is 12.0. The van der Waals surface area contributed by atoms with Crippen molar-refractivity contribution in [3.63, 3.8) is 0 Å². The van der Waals surface area contributed by atoms with Gasteiger partial charge in [0.05, 0.1) is 42.9 Å². The van der Waals surface area contributed by atoms with E-state index in [1.807, 2.05) is 44.2 Å². The molecule has 0 spiro atoms. The number of benzene rings is 1. The van der Waals surface area contributed by atoms with Crippen molar-refractivity contribution in [1.29, 1.82) is 0 Å². The maximum atomic E-state index is 14.3. The van der Waals surface area contributed by atoms with Crippen LogP contribution >= 0.6 is 15.9 Å². The maximum Gasteiger partial charge on any atom is 0.417 e.